The average molecular weight is 337 g/mol. The van der Waals surface area contributed by atoms with Gasteiger partial charge in [0.1, 0.15) is 0 Å². The Balaban J connectivity index is 1.90. The summed E-state index contributed by atoms with van der Waals surface area (Å²) in [7, 11) is 0. The lowest BCUT2D eigenvalue weighted by Gasteiger charge is -2.27. The fourth-order valence-electron chi connectivity index (χ4n) is 2.70. The smallest absolute Gasteiger partial charge is 0.0638 e. The van der Waals surface area contributed by atoms with Crippen LogP contribution in [-0.2, 0) is 6.42 Å². The van der Waals surface area contributed by atoms with Crippen molar-refractivity contribution in [3.05, 3.63) is 63.1 Å². The van der Waals surface area contributed by atoms with Crippen LogP contribution >= 0.6 is 27.5 Å². The number of benzene rings is 2. The van der Waals surface area contributed by atoms with Gasteiger partial charge in [0.2, 0.25) is 0 Å². The Kier molecular flexibility index (Phi) is 3.81. The molecule has 2 aromatic carbocycles. The van der Waals surface area contributed by atoms with Crippen LogP contribution in [0.25, 0.3) is 0 Å². The van der Waals surface area contributed by atoms with Gasteiger partial charge in [0, 0.05) is 4.47 Å². The summed E-state index contributed by atoms with van der Waals surface area (Å²) in [5.41, 5.74) is 3.86. The molecule has 0 fully saturated rings. The predicted octanol–water partition coefficient (Wildman–Crippen LogP) is 5.59. The second-order valence-electron chi connectivity index (χ2n) is 4.91. The van der Waals surface area contributed by atoms with E-state index in [-0.39, 0.29) is 0 Å². The third-order valence-electron chi connectivity index (χ3n) is 3.63. The molecule has 1 N–H and O–H groups in total. The van der Waals surface area contributed by atoms with Crippen LogP contribution in [0.15, 0.2) is 46.9 Å². The Morgan fingerprint density at radius 2 is 2.00 bits per heavy atom. The summed E-state index contributed by atoms with van der Waals surface area (Å²) in [4.78, 5) is 0. The van der Waals surface area contributed by atoms with Crippen molar-refractivity contribution < 1.29 is 0 Å². The Labute approximate surface area is 127 Å². The average Bonchev–Trinajstić information content (AvgIpc) is 2.43. The Bertz CT molecular complexity index is 597. The number of hydrogen-bond acceptors (Lipinski definition) is 1. The van der Waals surface area contributed by atoms with Gasteiger partial charge in [0.15, 0.2) is 0 Å². The molecule has 1 aliphatic carbocycles. The van der Waals surface area contributed by atoms with Gasteiger partial charge in [-0.25, -0.2) is 0 Å². The van der Waals surface area contributed by atoms with Gasteiger partial charge in [-0.1, -0.05) is 51.8 Å². The first kappa shape index (κ1) is 13.0. The Morgan fingerprint density at radius 1 is 1.16 bits per heavy atom. The first-order chi connectivity index (χ1) is 9.24. The number of fused-ring (bicyclic) bond motifs is 1. The van der Waals surface area contributed by atoms with Crippen molar-refractivity contribution in [1.82, 2.24) is 0 Å². The van der Waals surface area contributed by atoms with Crippen molar-refractivity contribution in [2.75, 3.05) is 5.32 Å². The summed E-state index contributed by atoms with van der Waals surface area (Å²) in [6.07, 6.45) is 3.56. The lowest BCUT2D eigenvalue weighted by atomic mass is 9.87. The van der Waals surface area contributed by atoms with Gasteiger partial charge < -0.3 is 5.32 Å². The summed E-state index contributed by atoms with van der Waals surface area (Å²) in [5.74, 6) is 0. The highest BCUT2D eigenvalue weighted by Gasteiger charge is 2.20. The van der Waals surface area contributed by atoms with Gasteiger partial charge in [0.05, 0.1) is 16.8 Å². The zero-order valence-electron chi connectivity index (χ0n) is 10.5. The summed E-state index contributed by atoms with van der Waals surface area (Å²) in [6, 6.07) is 15.0. The quantitative estimate of drug-likeness (QED) is 0.753. The van der Waals surface area contributed by atoms with Crippen molar-refractivity contribution >= 4 is 33.2 Å². The number of anilines is 1. The van der Waals surface area contributed by atoms with Crippen LogP contribution in [0.3, 0.4) is 0 Å². The number of nitrogens with one attached hydrogen (secondary N) is 1. The van der Waals surface area contributed by atoms with Crippen molar-refractivity contribution in [2.45, 2.75) is 25.3 Å². The fraction of sp³-hybridized carbons (Fsp3) is 0.250. The molecule has 0 saturated heterocycles. The number of halogens is 2. The lowest BCUT2D eigenvalue weighted by molar-refractivity contribution is 0.600. The van der Waals surface area contributed by atoms with Crippen LogP contribution in [0.1, 0.15) is 30.0 Å². The minimum absolute atomic E-state index is 0.358. The van der Waals surface area contributed by atoms with Crippen molar-refractivity contribution in [3.8, 4) is 0 Å². The maximum Gasteiger partial charge on any atom is 0.0638 e. The molecule has 0 spiro atoms. The minimum atomic E-state index is 0.358. The monoisotopic (exact) mass is 335 g/mol. The van der Waals surface area contributed by atoms with Gasteiger partial charge in [0.25, 0.3) is 0 Å². The molecule has 1 unspecified atom stereocenters. The Hall–Kier alpha value is -0.990. The van der Waals surface area contributed by atoms with Crippen LogP contribution in [0.5, 0.6) is 0 Å². The number of rotatable bonds is 2. The second kappa shape index (κ2) is 5.56. The standard InChI is InChI=1S/C16H15BrClN/c17-12-8-9-14(18)16(10-12)19-15-7-3-5-11-4-1-2-6-13(11)15/h1-2,4,6,8-10,15,19H,3,5,7H2. The van der Waals surface area contributed by atoms with E-state index in [0.29, 0.717) is 6.04 Å². The van der Waals surface area contributed by atoms with Crippen LogP contribution in [-0.4, -0.2) is 0 Å². The third-order valence-corrected chi connectivity index (χ3v) is 4.45. The highest BCUT2D eigenvalue weighted by atomic mass is 79.9. The first-order valence-corrected chi connectivity index (χ1v) is 7.70. The molecule has 1 atom stereocenters. The molecule has 1 aliphatic rings. The molecule has 2 aromatic rings. The molecule has 3 rings (SSSR count). The summed E-state index contributed by atoms with van der Waals surface area (Å²) >= 11 is 9.75. The van der Waals surface area contributed by atoms with E-state index in [2.05, 4.69) is 45.5 Å². The molecule has 0 aliphatic heterocycles. The maximum atomic E-state index is 6.26. The highest BCUT2D eigenvalue weighted by molar-refractivity contribution is 9.10. The summed E-state index contributed by atoms with van der Waals surface area (Å²) < 4.78 is 1.04. The van der Waals surface area contributed by atoms with E-state index in [4.69, 9.17) is 11.6 Å². The fourth-order valence-corrected chi connectivity index (χ4v) is 3.23. The molecule has 0 saturated carbocycles. The van der Waals surface area contributed by atoms with E-state index in [9.17, 15) is 0 Å². The summed E-state index contributed by atoms with van der Waals surface area (Å²) in [5, 5.41) is 4.35. The SMILES string of the molecule is Clc1ccc(Br)cc1NC1CCCc2ccccc21. The van der Waals surface area contributed by atoms with E-state index in [1.807, 2.05) is 18.2 Å². The molecule has 19 heavy (non-hydrogen) atoms. The zero-order valence-corrected chi connectivity index (χ0v) is 12.8. The van der Waals surface area contributed by atoms with E-state index in [0.717, 1.165) is 21.6 Å². The van der Waals surface area contributed by atoms with E-state index in [1.54, 1.807) is 0 Å². The molecular formula is C16H15BrClN. The topological polar surface area (TPSA) is 12.0 Å². The molecular weight excluding hydrogens is 322 g/mol. The van der Waals surface area contributed by atoms with E-state index >= 15 is 0 Å². The van der Waals surface area contributed by atoms with Crippen molar-refractivity contribution in [2.24, 2.45) is 0 Å². The van der Waals surface area contributed by atoms with Gasteiger partial charge >= 0.3 is 0 Å². The normalized spacial score (nSPS) is 17.9. The van der Waals surface area contributed by atoms with Crippen LogP contribution < -0.4 is 5.32 Å². The third kappa shape index (κ3) is 2.80. The van der Waals surface area contributed by atoms with E-state index < -0.39 is 0 Å². The molecule has 0 radical (unpaired) electrons. The molecule has 0 heterocycles. The molecule has 0 aromatic heterocycles. The largest absolute Gasteiger partial charge is 0.377 e. The van der Waals surface area contributed by atoms with Crippen molar-refractivity contribution in [1.29, 1.82) is 0 Å². The molecule has 1 nitrogen and oxygen atoms in total. The number of aryl methyl sites for hydroxylation is 1. The van der Waals surface area contributed by atoms with Crippen LogP contribution in [0.4, 0.5) is 5.69 Å². The summed E-state index contributed by atoms with van der Waals surface area (Å²) in [6.45, 7) is 0. The lowest BCUT2D eigenvalue weighted by Crippen LogP contribution is -2.17. The highest BCUT2D eigenvalue weighted by Crippen LogP contribution is 2.35. The van der Waals surface area contributed by atoms with E-state index in [1.165, 1.54) is 24.0 Å². The van der Waals surface area contributed by atoms with Gasteiger partial charge in [-0.05, 0) is 48.6 Å². The molecule has 98 valence electrons. The minimum Gasteiger partial charge on any atom is -0.377 e. The molecule has 0 amide bonds. The predicted molar refractivity (Wildman–Crippen MR) is 84.9 cm³/mol. The van der Waals surface area contributed by atoms with Crippen LogP contribution in [0.2, 0.25) is 5.02 Å². The van der Waals surface area contributed by atoms with Crippen molar-refractivity contribution in [3.63, 3.8) is 0 Å². The second-order valence-corrected chi connectivity index (χ2v) is 6.24. The number of hydrogen-bond donors (Lipinski definition) is 1. The molecule has 0 bridgehead atoms. The zero-order chi connectivity index (χ0) is 13.2. The van der Waals surface area contributed by atoms with Gasteiger partial charge in [-0.15, -0.1) is 0 Å². The Morgan fingerprint density at radius 3 is 2.89 bits per heavy atom. The first-order valence-electron chi connectivity index (χ1n) is 6.53. The van der Waals surface area contributed by atoms with Gasteiger partial charge in [-0.3, -0.25) is 0 Å². The van der Waals surface area contributed by atoms with Crippen LogP contribution in [0, 0.1) is 0 Å². The molecule has 3 heteroatoms. The maximum absolute atomic E-state index is 6.26. The van der Waals surface area contributed by atoms with Gasteiger partial charge in [-0.2, -0.15) is 0 Å².